The number of amides is 4. The lowest BCUT2D eigenvalue weighted by Gasteiger charge is -2.55. The molecule has 4 amide bonds. The number of rotatable bonds is 7. The summed E-state index contributed by atoms with van der Waals surface area (Å²) in [6, 6.07) is 13.4. The van der Waals surface area contributed by atoms with E-state index in [1.54, 1.807) is 18.2 Å². The molecule has 2 aromatic rings. The molecule has 0 bridgehead atoms. The highest BCUT2D eigenvalue weighted by atomic mass is 35.5. The maximum atomic E-state index is 12.4. The van der Waals surface area contributed by atoms with Crippen LogP contribution in [0.2, 0.25) is 5.02 Å². The van der Waals surface area contributed by atoms with E-state index in [0.717, 1.165) is 51.4 Å². The number of likely N-dealkylation sites (tertiary alicyclic amines) is 1. The molecule has 0 atom stereocenters. The number of nitrogens with one attached hydrogen (secondary N) is 2. The Morgan fingerprint density at radius 1 is 1.02 bits per heavy atom. The first-order chi connectivity index (χ1) is 20.7. The summed E-state index contributed by atoms with van der Waals surface area (Å²) in [6.07, 6.45) is 2.03. The summed E-state index contributed by atoms with van der Waals surface area (Å²) in [5.74, 6) is -0.0767. The Hall–Kier alpha value is -3.47. The molecule has 5 rings (SSSR count). The molecule has 10 nitrogen and oxygen atoms in total. The lowest BCUT2D eigenvalue weighted by Crippen LogP contribution is -2.67. The van der Waals surface area contributed by atoms with Crippen molar-refractivity contribution in [3.8, 4) is 0 Å². The molecule has 236 valence electrons. The fourth-order valence-corrected chi connectivity index (χ4v) is 4.93. The van der Waals surface area contributed by atoms with Gasteiger partial charge in [-0.15, -0.1) is 0 Å². The van der Waals surface area contributed by atoms with E-state index in [1.165, 1.54) is 11.1 Å². The van der Waals surface area contributed by atoms with E-state index in [-0.39, 0.29) is 29.7 Å². The highest BCUT2D eigenvalue weighted by molar-refractivity contribution is 6.31. The second-order valence-electron chi connectivity index (χ2n) is 10.5. The van der Waals surface area contributed by atoms with Gasteiger partial charge in [-0.1, -0.05) is 56.6 Å². The zero-order valence-electron chi connectivity index (χ0n) is 25.8. The smallest absolute Gasteiger partial charge is 0.243 e. The van der Waals surface area contributed by atoms with Crippen LogP contribution in [0.15, 0.2) is 42.5 Å². The van der Waals surface area contributed by atoms with Gasteiger partial charge in [0.05, 0.1) is 25.2 Å². The number of nitrogens with two attached hydrogens (primary N) is 1. The normalized spacial score (nSPS) is 15.3. The van der Waals surface area contributed by atoms with Gasteiger partial charge in [-0.05, 0) is 54.8 Å². The van der Waals surface area contributed by atoms with Gasteiger partial charge >= 0.3 is 0 Å². The van der Waals surface area contributed by atoms with Crippen molar-refractivity contribution in [2.45, 2.75) is 53.5 Å². The van der Waals surface area contributed by atoms with Crippen LogP contribution in [0.1, 0.15) is 50.3 Å². The second-order valence-corrected chi connectivity index (χ2v) is 10.9. The second kappa shape index (κ2) is 18.3. The summed E-state index contributed by atoms with van der Waals surface area (Å²) in [4.78, 5) is 49.4. The third-order valence-corrected chi connectivity index (χ3v) is 7.47. The monoisotopic (exact) mass is 615 g/mol. The molecule has 3 heterocycles. The Balaban J connectivity index is 0.000000280. The molecule has 1 spiro atoms. The van der Waals surface area contributed by atoms with E-state index in [9.17, 15) is 19.2 Å². The van der Waals surface area contributed by atoms with Gasteiger partial charge in [-0.25, -0.2) is 0 Å². The van der Waals surface area contributed by atoms with E-state index in [1.807, 2.05) is 49.6 Å². The number of carbonyl (C=O) groups excluding carboxylic acids is 4. The Morgan fingerprint density at radius 2 is 1.63 bits per heavy atom. The van der Waals surface area contributed by atoms with Gasteiger partial charge in [-0.3, -0.25) is 19.2 Å². The Bertz CT molecular complexity index is 1210. The average Bonchev–Trinajstić information content (AvgIpc) is 2.97. The number of nitrogens with zero attached hydrogens (tertiary/aromatic N) is 2. The molecular weight excluding hydrogens is 570 g/mol. The number of hydrogen-bond donors (Lipinski definition) is 3. The number of halogens is 1. The Morgan fingerprint density at radius 3 is 2.19 bits per heavy atom. The number of hydrogen-bond acceptors (Lipinski definition) is 6. The molecule has 43 heavy (non-hydrogen) atoms. The number of anilines is 1. The molecule has 2 fully saturated rings. The summed E-state index contributed by atoms with van der Waals surface area (Å²) >= 11 is 5.83. The van der Waals surface area contributed by atoms with Crippen molar-refractivity contribution in [1.29, 1.82) is 0 Å². The van der Waals surface area contributed by atoms with Crippen LogP contribution < -0.4 is 16.4 Å². The highest BCUT2D eigenvalue weighted by Crippen LogP contribution is 2.37. The zero-order valence-corrected chi connectivity index (χ0v) is 26.5. The molecule has 2 aromatic carbocycles. The number of carbonyl (C=O) groups is 4. The van der Waals surface area contributed by atoms with E-state index in [2.05, 4.69) is 22.8 Å². The first kappa shape index (κ1) is 35.7. The topological polar surface area (TPSA) is 134 Å². The fraction of sp³-hybridized carbons (Fsp3) is 0.500. The Labute approximate surface area is 260 Å². The predicted molar refractivity (Wildman–Crippen MR) is 170 cm³/mol. The quantitative estimate of drug-likeness (QED) is 0.408. The summed E-state index contributed by atoms with van der Waals surface area (Å²) in [6.45, 7) is 13.1. The van der Waals surface area contributed by atoms with Gasteiger partial charge in [0.2, 0.25) is 24.1 Å². The molecule has 0 aliphatic carbocycles. The summed E-state index contributed by atoms with van der Waals surface area (Å²) in [5.41, 5.74) is 9.21. The van der Waals surface area contributed by atoms with Gasteiger partial charge in [0.15, 0.2) is 0 Å². The summed E-state index contributed by atoms with van der Waals surface area (Å²) < 4.78 is 5.22. The van der Waals surface area contributed by atoms with Gasteiger partial charge < -0.3 is 30.9 Å². The molecule has 0 aromatic heterocycles. The van der Waals surface area contributed by atoms with Crippen LogP contribution in [0, 0.1) is 12.3 Å². The number of ether oxygens (including phenoxy) is 1. The molecule has 0 saturated carbocycles. The minimum Gasteiger partial charge on any atom is -0.380 e. The lowest BCUT2D eigenvalue weighted by atomic mass is 9.78. The molecular formula is C32H46ClN5O5. The largest absolute Gasteiger partial charge is 0.380 e. The molecule has 3 aliphatic rings. The van der Waals surface area contributed by atoms with Crippen molar-refractivity contribution in [2.24, 2.45) is 11.1 Å². The first-order valence-corrected chi connectivity index (χ1v) is 15.2. The van der Waals surface area contributed by atoms with E-state index < -0.39 is 0 Å². The molecule has 0 unspecified atom stereocenters. The molecule has 11 heteroatoms. The SMILES string of the molecule is CC.CCN.Cc1cc(NC(=O)CNC=O)ccc1Cl.O=C(CCC(=O)N1CC2(COC2)C1)N1CCc2ccccc2C1. The van der Waals surface area contributed by atoms with Crippen LogP contribution in [-0.4, -0.2) is 79.9 Å². The van der Waals surface area contributed by atoms with Crippen LogP contribution >= 0.6 is 11.6 Å². The van der Waals surface area contributed by atoms with Gasteiger partial charge in [0.1, 0.15) is 0 Å². The molecule has 2 saturated heterocycles. The van der Waals surface area contributed by atoms with Crippen LogP contribution in [0.5, 0.6) is 0 Å². The van der Waals surface area contributed by atoms with Gasteiger partial charge in [0.25, 0.3) is 0 Å². The van der Waals surface area contributed by atoms with Crippen molar-refractivity contribution in [1.82, 2.24) is 15.1 Å². The fourth-order valence-electron chi connectivity index (χ4n) is 4.81. The summed E-state index contributed by atoms with van der Waals surface area (Å²) in [5, 5.41) is 5.55. The maximum Gasteiger partial charge on any atom is 0.243 e. The van der Waals surface area contributed by atoms with Crippen molar-refractivity contribution >= 4 is 41.4 Å². The molecule has 3 aliphatic heterocycles. The van der Waals surface area contributed by atoms with Crippen molar-refractivity contribution in [2.75, 3.05) is 51.3 Å². The van der Waals surface area contributed by atoms with Crippen LogP contribution in [0.25, 0.3) is 0 Å². The number of fused-ring (bicyclic) bond motifs is 1. The number of benzene rings is 2. The van der Waals surface area contributed by atoms with Crippen molar-refractivity contribution in [3.63, 3.8) is 0 Å². The van der Waals surface area contributed by atoms with E-state index in [4.69, 9.17) is 22.1 Å². The Kier molecular flexibility index (Phi) is 15.2. The van der Waals surface area contributed by atoms with Crippen LogP contribution in [-0.2, 0) is 36.9 Å². The van der Waals surface area contributed by atoms with Gasteiger partial charge in [-0.2, -0.15) is 0 Å². The third kappa shape index (κ3) is 10.9. The molecule has 4 N–H and O–H groups in total. The maximum absolute atomic E-state index is 12.4. The van der Waals surface area contributed by atoms with E-state index in [0.29, 0.717) is 36.5 Å². The van der Waals surface area contributed by atoms with Crippen LogP contribution in [0.3, 0.4) is 0 Å². The van der Waals surface area contributed by atoms with Crippen LogP contribution in [0.4, 0.5) is 5.69 Å². The first-order valence-electron chi connectivity index (χ1n) is 14.8. The standard InChI is InChI=1S/C18H22N2O3.C10H11ClN2O2.C2H7N.C2H6/c21-16(19-8-7-14-3-1-2-4-15(14)9-19)5-6-17(22)20-10-18(11-20)12-23-13-18;1-7-4-8(2-3-9(7)11)13-10(15)5-12-6-14;1-2-3;1-2/h1-4H,5-13H2;2-4,6H,5H2,1H3,(H,12,14)(H,13,15);2-3H2,1H3;1-2H3. The van der Waals surface area contributed by atoms with Gasteiger partial charge in [0, 0.05) is 49.7 Å². The minimum absolute atomic E-state index is 0.0365. The van der Waals surface area contributed by atoms with Crippen molar-refractivity contribution < 1.29 is 23.9 Å². The average molecular weight is 616 g/mol. The third-order valence-electron chi connectivity index (χ3n) is 7.05. The van der Waals surface area contributed by atoms with E-state index >= 15 is 0 Å². The lowest BCUT2D eigenvalue weighted by molar-refractivity contribution is -0.195. The predicted octanol–water partition coefficient (Wildman–Crippen LogP) is 3.53. The molecule has 0 radical (unpaired) electrons. The number of aryl methyl sites for hydroxylation is 1. The highest BCUT2D eigenvalue weighted by Gasteiger charge is 2.50. The zero-order chi connectivity index (χ0) is 31.8. The van der Waals surface area contributed by atoms with Crippen molar-refractivity contribution in [3.05, 3.63) is 64.2 Å². The summed E-state index contributed by atoms with van der Waals surface area (Å²) in [7, 11) is 0. The minimum atomic E-state index is -0.274.